The molecule has 1 fully saturated rings. The molecular formula is C23H24Cl2N2O2S2. The van der Waals surface area contributed by atoms with E-state index < -0.39 is 9.84 Å². The highest BCUT2D eigenvalue weighted by atomic mass is 35.5. The zero-order valence-electron chi connectivity index (χ0n) is 17.7. The fourth-order valence-corrected chi connectivity index (χ4v) is 7.93. The van der Waals surface area contributed by atoms with Crippen molar-refractivity contribution in [3.63, 3.8) is 0 Å². The van der Waals surface area contributed by atoms with Crippen molar-refractivity contribution in [3.05, 3.63) is 62.4 Å². The van der Waals surface area contributed by atoms with Crippen LogP contribution in [0.5, 0.6) is 0 Å². The van der Waals surface area contributed by atoms with Gasteiger partial charge in [0.15, 0.2) is 15.0 Å². The van der Waals surface area contributed by atoms with Gasteiger partial charge in [0.1, 0.15) is 0 Å². The molecule has 2 aromatic carbocycles. The van der Waals surface area contributed by atoms with Gasteiger partial charge in [-0.25, -0.2) is 13.4 Å². The lowest BCUT2D eigenvalue weighted by Crippen LogP contribution is -2.39. The Labute approximate surface area is 197 Å². The summed E-state index contributed by atoms with van der Waals surface area (Å²) in [7, 11) is -3.37. The Bertz CT molecular complexity index is 1210. The van der Waals surface area contributed by atoms with Crippen LogP contribution in [-0.2, 0) is 9.84 Å². The van der Waals surface area contributed by atoms with Crippen LogP contribution in [0.15, 0.2) is 40.6 Å². The van der Waals surface area contributed by atoms with Crippen molar-refractivity contribution in [3.8, 4) is 11.3 Å². The second-order valence-electron chi connectivity index (χ2n) is 8.10. The highest BCUT2D eigenvalue weighted by Gasteiger charge is 2.34. The number of hydrogen-bond donors (Lipinski definition) is 0. The highest BCUT2D eigenvalue weighted by molar-refractivity contribution is 7.92. The predicted octanol–water partition coefficient (Wildman–Crippen LogP) is 6.48. The topological polar surface area (TPSA) is 50.3 Å². The number of sulfone groups is 1. The van der Waals surface area contributed by atoms with Crippen LogP contribution in [0.4, 0.5) is 5.13 Å². The van der Waals surface area contributed by atoms with Crippen LogP contribution in [-0.4, -0.2) is 31.7 Å². The van der Waals surface area contributed by atoms with Crippen LogP contribution in [0, 0.1) is 20.8 Å². The van der Waals surface area contributed by atoms with Crippen molar-refractivity contribution in [1.82, 2.24) is 4.98 Å². The van der Waals surface area contributed by atoms with Gasteiger partial charge in [0.2, 0.25) is 0 Å². The molecule has 31 heavy (non-hydrogen) atoms. The first-order valence-corrected chi connectivity index (χ1v) is 13.3. The van der Waals surface area contributed by atoms with Crippen molar-refractivity contribution < 1.29 is 8.42 Å². The summed E-state index contributed by atoms with van der Waals surface area (Å²) < 4.78 is 26.8. The number of piperidine rings is 1. The predicted molar refractivity (Wildman–Crippen MR) is 131 cm³/mol. The summed E-state index contributed by atoms with van der Waals surface area (Å²) in [6.07, 6.45) is 1.18. The molecule has 4 nitrogen and oxygen atoms in total. The van der Waals surface area contributed by atoms with Crippen LogP contribution < -0.4 is 4.90 Å². The number of nitrogens with zero attached hydrogens (tertiary/aromatic N) is 2. The van der Waals surface area contributed by atoms with E-state index in [1.54, 1.807) is 23.5 Å². The lowest BCUT2D eigenvalue weighted by atomic mass is 10.1. The van der Waals surface area contributed by atoms with Crippen molar-refractivity contribution in [2.24, 2.45) is 0 Å². The molecule has 1 saturated heterocycles. The number of hydrogen-bond acceptors (Lipinski definition) is 5. The fourth-order valence-electron chi connectivity index (χ4n) is 4.37. The summed E-state index contributed by atoms with van der Waals surface area (Å²) in [5, 5.41) is 3.66. The van der Waals surface area contributed by atoms with Crippen LogP contribution in [0.2, 0.25) is 10.0 Å². The Hall–Kier alpha value is -1.60. The number of aryl methyl sites for hydroxylation is 3. The molecule has 0 spiro atoms. The van der Waals surface area contributed by atoms with Gasteiger partial charge < -0.3 is 4.90 Å². The molecule has 164 valence electrons. The quantitative estimate of drug-likeness (QED) is 0.416. The number of aromatic nitrogens is 1. The molecule has 1 aromatic heterocycles. The number of rotatable bonds is 4. The molecule has 8 heteroatoms. The fraction of sp³-hybridized carbons (Fsp3) is 0.348. The Morgan fingerprint density at radius 2 is 1.68 bits per heavy atom. The maximum atomic E-state index is 13.4. The van der Waals surface area contributed by atoms with Gasteiger partial charge in [-0.05, 0) is 62.9 Å². The summed E-state index contributed by atoms with van der Waals surface area (Å²) in [6, 6.07) is 9.28. The van der Waals surface area contributed by atoms with Crippen molar-refractivity contribution in [2.45, 2.75) is 43.8 Å². The first-order valence-electron chi connectivity index (χ1n) is 10.1. The minimum atomic E-state index is -3.37. The van der Waals surface area contributed by atoms with E-state index >= 15 is 0 Å². The van der Waals surface area contributed by atoms with Gasteiger partial charge in [-0.1, -0.05) is 40.9 Å². The lowest BCUT2D eigenvalue weighted by molar-refractivity contribution is 0.528. The van der Waals surface area contributed by atoms with E-state index in [1.165, 1.54) is 0 Å². The van der Waals surface area contributed by atoms with Gasteiger partial charge in [0, 0.05) is 29.1 Å². The summed E-state index contributed by atoms with van der Waals surface area (Å²) in [5.41, 5.74) is 4.41. The third-order valence-corrected chi connectivity index (χ3v) is 9.75. The van der Waals surface area contributed by atoms with Gasteiger partial charge in [0.25, 0.3) is 0 Å². The minimum Gasteiger partial charge on any atom is -0.348 e. The first kappa shape index (κ1) is 22.6. The molecule has 0 radical (unpaired) electrons. The molecule has 0 amide bonds. The van der Waals surface area contributed by atoms with E-state index in [9.17, 15) is 8.42 Å². The van der Waals surface area contributed by atoms with Crippen LogP contribution in [0.3, 0.4) is 0 Å². The van der Waals surface area contributed by atoms with Gasteiger partial charge in [-0.2, -0.15) is 0 Å². The van der Waals surface area contributed by atoms with E-state index in [1.807, 2.05) is 44.4 Å². The number of benzene rings is 2. The van der Waals surface area contributed by atoms with E-state index in [0.717, 1.165) is 33.1 Å². The molecule has 1 aliphatic heterocycles. The lowest BCUT2D eigenvalue weighted by Gasteiger charge is -2.32. The Morgan fingerprint density at radius 3 is 2.29 bits per heavy atom. The van der Waals surface area contributed by atoms with Crippen LogP contribution >= 0.6 is 34.5 Å². The zero-order valence-corrected chi connectivity index (χ0v) is 20.8. The highest BCUT2D eigenvalue weighted by Crippen LogP contribution is 2.36. The molecule has 3 aromatic rings. The Kier molecular flexibility index (Phi) is 6.37. The summed E-state index contributed by atoms with van der Waals surface area (Å²) in [4.78, 5) is 7.42. The molecule has 0 bridgehead atoms. The maximum absolute atomic E-state index is 13.4. The van der Waals surface area contributed by atoms with Gasteiger partial charge in [-0.15, -0.1) is 11.3 Å². The van der Waals surface area contributed by atoms with Crippen LogP contribution in [0.25, 0.3) is 11.3 Å². The van der Waals surface area contributed by atoms with Crippen molar-refractivity contribution in [2.75, 3.05) is 18.0 Å². The minimum absolute atomic E-state index is 0.367. The molecule has 1 aliphatic rings. The maximum Gasteiger partial charge on any atom is 0.185 e. The summed E-state index contributed by atoms with van der Waals surface area (Å²) >= 11 is 13.9. The SMILES string of the molecule is Cc1cc(C)c(S(=O)(=O)C2CCN(c3nc(-c4ccc(Cl)cc4Cl)cs3)CC2)c(C)c1. The Balaban J connectivity index is 1.50. The molecular weight excluding hydrogens is 471 g/mol. The zero-order chi connectivity index (χ0) is 22.3. The van der Waals surface area contributed by atoms with Gasteiger partial charge >= 0.3 is 0 Å². The molecule has 2 heterocycles. The molecule has 0 N–H and O–H groups in total. The van der Waals surface area contributed by atoms with E-state index in [2.05, 4.69) is 4.90 Å². The first-order chi connectivity index (χ1) is 14.7. The standard InChI is InChI=1S/C23H24Cl2N2O2S2/c1-14-10-15(2)22(16(3)11-14)31(28,29)18-6-8-27(9-7-18)23-26-21(13-30-23)19-5-4-17(24)12-20(19)25/h4-5,10-13,18H,6-9H2,1-3H3. The average Bonchev–Trinajstić information content (AvgIpc) is 3.17. The smallest absolute Gasteiger partial charge is 0.185 e. The second-order valence-corrected chi connectivity index (χ2v) is 11.9. The molecule has 0 unspecified atom stereocenters. The van der Waals surface area contributed by atoms with Gasteiger partial charge in [-0.3, -0.25) is 0 Å². The summed E-state index contributed by atoms with van der Waals surface area (Å²) in [5.74, 6) is 0. The summed E-state index contributed by atoms with van der Waals surface area (Å²) in [6.45, 7) is 7.10. The van der Waals surface area contributed by atoms with Crippen molar-refractivity contribution >= 4 is 49.5 Å². The van der Waals surface area contributed by atoms with E-state index in [-0.39, 0.29) is 5.25 Å². The molecule has 0 atom stereocenters. The molecule has 4 rings (SSSR count). The average molecular weight is 495 g/mol. The number of halogens is 2. The number of anilines is 1. The normalized spacial score (nSPS) is 15.5. The van der Waals surface area contributed by atoms with Crippen LogP contribution in [0.1, 0.15) is 29.5 Å². The van der Waals surface area contributed by atoms with E-state index in [0.29, 0.717) is 40.9 Å². The monoisotopic (exact) mass is 494 g/mol. The third kappa shape index (κ3) is 4.49. The van der Waals surface area contributed by atoms with E-state index in [4.69, 9.17) is 28.2 Å². The van der Waals surface area contributed by atoms with Crippen molar-refractivity contribution in [1.29, 1.82) is 0 Å². The third-order valence-electron chi connectivity index (χ3n) is 5.74. The second kappa shape index (κ2) is 8.74. The Morgan fingerprint density at radius 1 is 1.03 bits per heavy atom. The largest absolute Gasteiger partial charge is 0.348 e. The van der Waals surface area contributed by atoms with Gasteiger partial charge in [0.05, 0.1) is 20.9 Å². The molecule has 0 saturated carbocycles. The number of thiazole rings is 1. The molecule has 0 aliphatic carbocycles.